The molecule has 1 amide bonds. The van der Waals surface area contributed by atoms with Gasteiger partial charge < -0.3 is 5.32 Å². The van der Waals surface area contributed by atoms with Gasteiger partial charge in [0.1, 0.15) is 0 Å². The van der Waals surface area contributed by atoms with Crippen LogP contribution in [0.5, 0.6) is 0 Å². The third-order valence-corrected chi connectivity index (χ3v) is 4.46. The van der Waals surface area contributed by atoms with Crippen LogP contribution < -0.4 is 5.32 Å². The number of nitrogens with one attached hydrogen (secondary N) is 1. The molecule has 3 nitrogen and oxygen atoms in total. The van der Waals surface area contributed by atoms with Crippen molar-refractivity contribution in [2.24, 2.45) is 0 Å². The quantitative estimate of drug-likeness (QED) is 0.829. The first-order chi connectivity index (χ1) is 8.81. The predicted molar refractivity (Wildman–Crippen MR) is 72.8 cm³/mol. The molecule has 0 atom stereocenters. The van der Waals surface area contributed by atoms with Gasteiger partial charge in [-0.2, -0.15) is 5.26 Å². The van der Waals surface area contributed by atoms with Crippen molar-refractivity contribution in [3.63, 3.8) is 0 Å². The Kier molecular flexibility index (Phi) is 4.77. The second kappa shape index (κ2) is 6.55. The minimum atomic E-state index is 0.0476. The maximum Gasteiger partial charge on any atom is 0.261 e. The predicted octanol–water partition coefficient (Wildman–Crippen LogP) is 3.05. The van der Waals surface area contributed by atoms with Gasteiger partial charge >= 0.3 is 0 Å². The topological polar surface area (TPSA) is 52.9 Å². The fraction of sp³-hybridized carbons (Fsp3) is 0.571. The van der Waals surface area contributed by atoms with Crippen LogP contribution in [0.1, 0.15) is 52.2 Å². The minimum absolute atomic E-state index is 0.0476. The van der Waals surface area contributed by atoms with Crippen LogP contribution in [0.15, 0.2) is 6.07 Å². The summed E-state index contributed by atoms with van der Waals surface area (Å²) in [7, 11) is 0. The summed E-state index contributed by atoms with van der Waals surface area (Å²) in [5.74, 6) is 0.0476. The molecule has 1 aliphatic carbocycles. The van der Waals surface area contributed by atoms with E-state index in [4.69, 9.17) is 5.26 Å². The highest BCUT2D eigenvalue weighted by Gasteiger charge is 2.16. The van der Waals surface area contributed by atoms with E-state index >= 15 is 0 Å². The zero-order valence-corrected chi connectivity index (χ0v) is 11.3. The number of thiophene rings is 1. The van der Waals surface area contributed by atoms with Crippen LogP contribution in [-0.2, 0) is 12.8 Å². The molecule has 0 aliphatic heterocycles. The number of nitrogens with zero attached hydrogens (tertiary/aromatic N) is 1. The van der Waals surface area contributed by atoms with Crippen LogP contribution in [-0.4, -0.2) is 12.5 Å². The van der Waals surface area contributed by atoms with Gasteiger partial charge in [-0.05, 0) is 50.2 Å². The first-order valence-electron chi connectivity index (χ1n) is 6.58. The first-order valence-corrected chi connectivity index (χ1v) is 7.39. The summed E-state index contributed by atoms with van der Waals surface area (Å²) in [4.78, 5) is 14.2. The number of hydrogen-bond donors (Lipinski definition) is 1. The second-order valence-corrected chi connectivity index (χ2v) is 5.77. The average Bonchev–Trinajstić information content (AvgIpc) is 2.82. The number of hydrogen-bond acceptors (Lipinski definition) is 3. The van der Waals surface area contributed by atoms with E-state index in [1.54, 1.807) is 11.3 Å². The molecule has 0 aromatic carbocycles. The van der Waals surface area contributed by atoms with Gasteiger partial charge in [-0.25, -0.2) is 0 Å². The molecule has 1 aliphatic rings. The van der Waals surface area contributed by atoms with Crippen molar-refractivity contribution in [3.05, 3.63) is 21.4 Å². The summed E-state index contributed by atoms with van der Waals surface area (Å²) in [5.41, 5.74) is 1.38. The van der Waals surface area contributed by atoms with Gasteiger partial charge in [-0.1, -0.05) is 0 Å². The highest BCUT2D eigenvalue weighted by Crippen LogP contribution is 2.29. The largest absolute Gasteiger partial charge is 0.351 e. The third kappa shape index (κ3) is 3.33. The fourth-order valence-electron chi connectivity index (χ4n) is 2.22. The molecule has 1 aromatic rings. The normalized spacial score (nSPS) is 13.7. The molecule has 0 spiro atoms. The number of rotatable bonds is 5. The Bertz CT molecular complexity index is 435. The average molecular weight is 262 g/mol. The van der Waals surface area contributed by atoms with Crippen LogP contribution in [0.3, 0.4) is 0 Å². The monoisotopic (exact) mass is 262 g/mol. The maximum atomic E-state index is 11.9. The van der Waals surface area contributed by atoms with E-state index in [0.717, 1.165) is 30.6 Å². The standard InChI is InChI=1S/C14H18N2OS/c15-8-4-1-5-9-16-14(17)13-10-11-6-2-3-7-12(11)18-13/h10H,1-7,9H2,(H,16,17). The van der Waals surface area contributed by atoms with Crippen LogP contribution in [0.4, 0.5) is 0 Å². The van der Waals surface area contributed by atoms with Crippen LogP contribution in [0.2, 0.25) is 0 Å². The number of fused-ring (bicyclic) bond motifs is 1. The molecular formula is C14H18N2OS. The molecule has 0 radical (unpaired) electrons. The summed E-state index contributed by atoms with van der Waals surface area (Å²) >= 11 is 1.65. The van der Waals surface area contributed by atoms with Crippen molar-refractivity contribution in [1.82, 2.24) is 5.32 Å². The van der Waals surface area contributed by atoms with Crippen molar-refractivity contribution in [3.8, 4) is 6.07 Å². The Labute approximate surface area is 112 Å². The summed E-state index contributed by atoms with van der Waals surface area (Å²) in [6, 6.07) is 4.17. The number of carbonyl (C=O) groups is 1. The van der Waals surface area contributed by atoms with Gasteiger partial charge in [0.15, 0.2) is 0 Å². The number of amides is 1. The summed E-state index contributed by atoms with van der Waals surface area (Å²) < 4.78 is 0. The molecule has 1 N–H and O–H groups in total. The van der Waals surface area contributed by atoms with E-state index in [9.17, 15) is 4.79 Å². The van der Waals surface area contributed by atoms with Crippen molar-refractivity contribution in [2.45, 2.75) is 44.9 Å². The Morgan fingerprint density at radius 1 is 1.39 bits per heavy atom. The Balaban J connectivity index is 1.82. The van der Waals surface area contributed by atoms with E-state index in [1.165, 1.54) is 23.3 Å². The minimum Gasteiger partial charge on any atom is -0.351 e. The maximum absolute atomic E-state index is 11.9. The summed E-state index contributed by atoms with van der Waals surface area (Å²) in [5, 5.41) is 11.3. The lowest BCUT2D eigenvalue weighted by Gasteiger charge is -2.08. The van der Waals surface area contributed by atoms with Gasteiger partial charge in [0.2, 0.25) is 0 Å². The highest BCUT2D eigenvalue weighted by atomic mass is 32.1. The number of carbonyl (C=O) groups excluding carboxylic acids is 1. The van der Waals surface area contributed by atoms with Gasteiger partial charge in [0, 0.05) is 17.8 Å². The van der Waals surface area contributed by atoms with Crippen molar-refractivity contribution >= 4 is 17.2 Å². The van der Waals surface area contributed by atoms with Crippen molar-refractivity contribution < 1.29 is 4.79 Å². The Morgan fingerprint density at radius 2 is 2.22 bits per heavy atom. The van der Waals surface area contributed by atoms with E-state index in [1.807, 2.05) is 0 Å². The first kappa shape index (κ1) is 13.1. The molecule has 0 saturated heterocycles. The molecular weight excluding hydrogens is 244 g/mol. The third-order valence-electron chi connectivity index (χ3n) is 3.22. The van der Waals surface area contributed by atoms with E-state index in [-0.39, 0.29) is 5.91 Å². The Hall–Kier alpha value is -1.34. The molecule has 2 rings (SSSR count). The molecule has 1 aromatic heterocycles. The molecule has 4 heteroatoms. The Morgan fingerprint density at radius 3 is 3.00 bits per heavy atom. The van der Waals surface area contributed by atoms with Gasteiger partial charge in [0.25, 0.3) is 5.91 Å². The number of unbranched alkanes of at least 4 members (excludes halogenated alkanes) is 2. The smallest absolute Gasteiger partial charge is 0.261 e. The van der Waals surface area contributed by atoms with Gasteiger partial charge in [-0.15, -0.1) is 11.3 Å². The lowest BCUT2D eigenvalue weighted by Crippen LogP contribution is -2.23. The highest BCUT2D eigenvalue weighted by molar-refractivity contribution is 7.14. The van der Waals surface area contributed by atoms with E-state index in [2.05, 4.69) is 17.5 Å². The second-order valence-electron chi connectivity index (χ2n) is 4.64. The van der Waals surface area contributed by atoms with Crippen LogP contribution >= 0.6 is 11.3 Å². The van der Waals surface area contributed by atoms with Crippen molar-refractivity contribution in [1.29, 1.82) is 5.26 Å². The number of aryl methyl sites for hydroxylation is 2. The SMILES string of the molecule is N#CCCCCNC(=O)c1cc2c(s1)CCCC2. The molecule has 0 saturated carbocycles. The van der Waals surface area contributed by atoms with Crippen LogP contribution in [0.25, 0.3) is 0 Å². The fourth-order valence-corrected chi connectivity index (χ4v) is 3.39. The molecule has 0 fully saturated rings. The molecule has 0 unspecified atom stereocenters. The van der Waals surface area contributed by atoms with E-state index < -0.39 is 0 Å². The van der Waals surface area contributed by atoms with Crippen LogP contribution in [0, 0.1) is 11.3 Å². The van der Waals surface area contributed by atoms with E-state index in [0.29, 0.717) is 13.0 Å². The lowest BCUT2D eigenvalue weighted by atomic mass is 9.99. The molecule has 96 valence electrons. The zero-order chi connectivity index (χ0) is 12.8. The summed E-state index contributed by atoms with van der Waals surface area (Å²) in [6.07, 6.45) is 7.07. The molecule has 1 heterocycles. The summed E-state index contributed by atoms with van der Waals surface area (Å²) in [6.45, 7) is 0.670. The number of nitriles is 1. The van der Waals surface area contributed by atoms with Gasteiger partial charge in [-0.3, -0.25) is 4.79 Å². The van der Waals surface area contributed by atoms with Gasteiger partial charge in [0.05, 0.1) is 10.9 Å². The zero-order valence-electron chi connectivity index (χ0n) is 10.5. The molecule has 0 bridgehead atoms. The molecule has 18 heavy (non-hydrogen) atoms. The lowest BCUT2D eigenvalue weighted by molar-refractivity contribution is 0.0957. The van der Waals surface area contributed by atoms with Crippen molar-refractivity contribution in [2.75, 3.05) is 6.54 Å².